The predicted octanol–water partition coefficient (Wildman–Crippen LogP) is 3.43. The van der Waals surface area contributed by atoms with Crippen molar-refractivity contribution in [2.45, 2.75) is 19.3 Å². The van der Waals surface area contributed by atoms with Gasteiger partial charge in [0.05, 0.1) is 12.2 Å². The zero-order chi connectivity index (χ0) is 16.5. The van der Waals surface area contributed by atoms with Gasteiger partial charge in [0.1, 0.15) is 4.32 Å². The van der Waals surface area contributed by atoms with E-state index in [-0.39, 0.29) is 11.9 Å². The van der Waals surface area contributed by atoms with E-state index in [0.717, 1.165) is 18.6 Å². The Morgan fingerprint density at radius 2 is 2.04 bits per heavy atom. The molecule has 23 heavy (non-hydrogen) atoms. The van der Waals surface area contributed by atoms with Crippen LogP contribution in [-0.2, 0) is 9.53 Å². The average Bonchev–Trinajstić information content (AvgIpc) is 3.00. The maximum Gasteiger partial charge on any atom is 0.338 e. The first-order chi connectivity index (χ1) is 11.2. The Balaban J connectivity index is 1.57. The molecule has 0 aromatic heterocycles. The molecule has 2 rings (SSSR count). The normalized spacial score (nSPS) is 14.4. The molecule has 0 unspecified atom stereocenters. The van der Waals surface area contributed by atoms with Crippen molar-refractivity contribution < 1.29 is 14.3 Å². The van der Waals surface area contributed by atoms with Crippen molar-refractivity contribution in [1.82, 2.24) is 4.90 Å². The Kier molecular flexibility index (Phi) is 7.29. The SMILES string of the molecule is O=C(OCCC/C=C/CC(=O)N1CCSC1=S)c1ccccc1. The molecule has 0 N–H and O–H groups in total. The van der Waals surface area contributed by atoms with Crippen molar-refractivity contribution in [3.8, 4) is 0 Å². The van der Waals surface area contributed by atoms with Crippen LogP contribution in [0.1, 0.15) is 29.6 Å². The Morgan fingerprint density at radius 3 is 2.74 bits per heavy atom. The highest BCUT2D eigenvalue weighted by Gasteiger charge is 2.22. The minimum absolute atomic E-state index is 0.0479. The highest BCUT2D eigenvalue weighted by Crippen LogP contribution is 2.18. The van der Waals surface area contributed by atoms with Gasteiger partial charge in [-0.1, -0.05) is 54.3 Å². The molecule has 0 saturated carbocycles. The number of esters is 1. The molecule has 1 fully saturated rings. The second kappa shape index (κ2) is 9.47. The van der Waals surface area contributed by atoms with Gasteiger partial charge in [-0.15, -0.1) is 0 Å². The Morgan fingerprint density at radius 1 is 1.26 bits per heavy atom. The fraction of sp³-hybridized carbons (Fsp3) is 0.353. The van der Waals surface area contributed by atoms with Crippen LogP contribution < -0.4 is 0 Å². The molecule has 1 saturated heterocycles. The molecule has 4 nitrogen and oxygen atoms in total. The van der Waals surface area contributed by atoms with Gasteiger partial charge in [-0.2, -0.15) is 0 Å². The third-order valence-electron chi connectivity index (χ3n) is 3.28. The van der Waals surface area contributed by atoms with Gasteiger partial charge in [-0.3, -0.25) is 9.69 Å². The van der Waals surface area contributed by atoms with Crippen molar-refractivity contribution in [3.05, 3.63) is 48.0 Å². The zero-order valence-electron chi connectivity index (χ0n) is 12.8. The topological polar surface area (TPSA) is 46.6 Å². The Bertz CT molecular complexity index is 587. The number of hydrogen-bond donors (Lipinski definition) is 0. The lowest BCUT2D eigenvalue weighted by molar-refractivity contribution is -0.125. The number of ether oxygens (including phenoxy) is 1. The first kappa shape index (κ1) is 17.7. The molecular formula is C17H19NO3S2. The molecule has 1 amide bonds. The smallest absolute Gasteiger partial charge is 0.338 e. The summed E-state index contributed by atoms with van der Waals surface area (Å²) in [5.74, 6) is 0.637. The molecule has 1 aliphatic heterocycles. The fourth-order valence-corrected chi connectivity index (χ4v) is 3.30. The van der Waals surface area contributed by atoms with Crippen LogP contribution in [0, 0.1) is 0 Å². The number of carbonyl (C=O) groups is 2. The maximum absolute atomic E-state index is 11.9. The van der Waals surface area contributed by atoms with Crippen molar-refractivity contribution in [1.29, 1.82) is 0 Å². The molecule has 1 aromatic rings. The summed E-state index contributed by atoms with van der Waals surface area (Å²) in [6.45, 7) is 1.09. The van der Waals surface area contributed by atoms with Crippen LogP contribution in [0.3, 0.4) is 0 Å². The number of allylic oxidation sites excluding steroid dienone is 1. The van der Waals surface area contributed by atoms with Crippen molar-refractivity contribution in [2.75, 3.05) is 18.9 Å². The lowest BCUT2D eigenvalue weighted by atomic mass is 10.2. The zero-order valence-corrected chi connectivity index (χ0v) is 14.4. The van der Waals surface area contributed by atoms with E-state index in [1.165, 1.54) is 0 Å². The first-order valence-corrected chi connectivity index (χ1v) is 8.92. The number of carbonyl (C=O) groups excluding carboxylic acids is 2. The number of thioether (sulfide) groups is 1. The highest BCUT2D eigenvalue weighted by molar-refractivity contribution is 8.23. The number of hydrogen-bond acceptors (Lipinski definition) is 5. The first-order valence-electron chi connectivity index (χ1n) is 7.53. The number of unbranched alkanes of at least 4 members (excludes halogenated alkanes) is 1. The summed E-state index contributed by atoms with van der Waals surface area (Å²) in [7, 11) is 0. The summed E-state index contributed by atoms with van der Waals surface area (Å²) in [4.78, 5) is 25.3. The molecule has 1 aliphatic rings. The van der Waals surface area contributed by atoms with Gasteiger partial charge in [0, 0.05) is 18.7 Å². The second-order valence-corrected chi connectivity index (χ2v) is 6.71. The van der Waals surface area contributed by atoms with Gasteiger partial charge < -0.3 is 4.74 Å². The standard InChI is InChI=1S/C17H19NO3S2/c19-15(18-11-13-23-17(18)22)10-6-1-2-7-12-21-16(20)14-8-4-3-5-9-14/h1,3-6,8-9H,2,7,10-13H2/b6-1+. The molecule has 122 valence electrons. The molecule has 0 aliphatic carbocycles. The molecule has 0 atom stereocenters. The van der Waals surface area contributed by atoms with E-state index >= 15 is 0 Å². The molecule has 0 radical (unpaired) electrons. The molecule has 1 aromatic carbocycles. The lowest BCUT2D eigenvalue weighted by Gasteiger charge is -2.12. The van der Waals surface area contributed by atoms with Gasteiger partial charge in [-0.25, -0.2) is 4.79 Å². The van der Waals surface area contributed by atoms with Crippen LogP contribution >= 0.6 is 24.0 Å². The van der Waals surface area contributed by atoms with Crippen LogP contribution in [0.25, 0.3) is 0 Å². The average molecular weight is 349 g/mol. The van der Waals surface area contributed by atoms with E-state index in [1.807, 2.05) is 18.2 Å². The van der Waals surface area contributed by atoms with E-state index in [1.54, 1.807) is 40.9 Å². The van der Waals surface area contributed by atoms with Gasteiger partial charge in [0.25, 0.3) is 0 Å². The van der Waals surface area contributed by atoms with Gasteiger partial charge in [0.15, 0.2) is 0 Å². The molecule has 0 spiro atoms. The molecule has 6 heteroatoms. The third kappa shape index (κ3) is 5.80. The van der Waals surface area contributed by atoms with Crippen LogP contribution in [0.5, 0.6) is 0 Å². The van der Waals surface area contributed by atoms with Crippen molar-refractivity contribution >= 4 is 40.2 Å². The minimum Gasteiger partial charge on any atom is -0.462 e. The summed E-state index contributed by atoms with van der Waals surface area (Å²) < 4.78 is 5.86. The molecule has 1 heterocycles. The van der Waals surface area contributed by atoms with Gasteiger partial charge >= 0.3 is 5.97 Å². The molecular weight excluding hydrogens is 330 g/mol. The summed E-state index contributed by atoms with van der Waals surface area (Å²) >= 11 is 6.66. The minimum atomic E-state index is -0.301. The third-order valence-corrected chi connectivity index (χ3v) is 4.71. The monoisotopic (exact) mass is 349 g/mol. The lowest BCUT2D eigenvalue weighted by Crippen LogP contribution is -2.29. The number of benzene rings is 1. The Labute approximate surface area is 145 Å². The van der Waals surface area contributed by atoms with Crippen molar-refractivity contribution in [3.63, 3.8) is 0 Å². The number of nitrogens with zero attached hydrogens (tertiary/aromatic N) is 1. The summed E-state index contributed by atoms with van der Waals surface area (Å²) in [5.41, 5.74) is 0.563. The van der Waals surface area contributed by atoms with Gasteiger partial charge in [0.2, 0.25) is 5.91 Å². The molecule has 0 bridgehead atoms. The summed E-state index contributed by atoms with van der Waals surface area (Å²) in [6.07, 6.45) is 5.67. The van der Waals surface area contributed by atoms with E-state index < -0.39 is 0 Å². The van der Waals surface area contributed by atoms with E-state index in [9.17, 15) is 9.59 Å². The van der Waals surface area contributed by atoms with Crippen LogP contribution in [0.2, 0.25) is 0 Å². The van der Waals surface area contributed by atoms with Crippen molar-refractivity contribution in [2.24, 2.45) is 0 Å². The summed E-state index contributed by atoms with van der Waals surface area (Å²) in [5, 5.41) is 0. The fourth-order valence-electron chi connectivity index (χ4n) is 2.06. The number of rotatable bonds is 7. The predicted molar refractivity (Wildman–Crippen MR) is 96.5 cm³/mol. The Hall–Kier alpha value is -1.66. The van der Waals surface area contributed by atoms with Crippen LogP contribution in [0.15, 0.2) is 42.5 Å². The number of thiocarbonyl (C=S) groups is 1. The second-order valence-electron chi connectivity index (χ2n) is 4.98. The maximum atomic E-state index is 11.9. The highest BCUT2D eigenvalue weighted by atomic mass is 32.2. The quantitative estimate of drug-likeness (QED) is 0.327. The van der Waals surface area contributed by atoms with E-state index in [2.05, 4.69) is 0 Å². The van der Waals surface area contributed by atoms with E-state index in [0.29, 0.717) is 29.5 Å². The summed E-state index contributed by atoms with van der Waals surface area (Å²) in [6, 6.07) is 8.93. The van der Waals surface area contributed by atoms with Crippen LogP contribution in [-0.4, -0.2) is 40.0 Å². The number of amides is 1. The van der Waals surface area contributed by atoms with Crippen LogP contribution in [0.4, 0.5) is 0 Å². The van der Waals surface area contributed by atoms with E-state index in [4.69, 9.17) is 17.0 Å². The van der Waals surface area contributed by atoms with Gasteiger partial charge in [-0.05, 0) is 25.0 Å². The largest absolute Gasteiger partial charge is 0.462 e.